The molecule has 0 aromatic heterocycles. The van der Waals surface area contributed by atoms with Gasteiger partial charge >= 0.3 is 0 Å². The van der Waals surface area contributed by atoms with Crippen LogP contribution in [0.5, 0.6) is 0 Å². The number of carbonyl (C=O) groups excluding carboxylic acids is 2. The van der Waals surface area contributed by atoms with Crippen molar-refractivity contribution in [1.82, 2.24) is 14.9 Å². The Hall–Kier alpha value is -2.76. The maximum atomic E-state index is 14.0. The van der Waals surface area contributed by atoms with E-state index in [0.717, 1.165) is 24.8 Å². The molecule has 9 nitrogen and oxygen atoms in total. The summed E-state index contributed by atoms with van der Waals surface area (Å²) in [5, 5.41) is 2.78. The zero-order valence-corrected chi connectivity index (χ0v) is 26.2. The number of carbonyl (C=O) groups is 2. The Morgan fingerprint density at radius 3 is 2.21 bits per heavy atom. The summed E-state index contributed by atoms with van der Waals surface area (Å²) in [4.78, 5) is 28.8. The number of amides is 2. The fourth-order valence-electron chi connectivity index (χ4n) is 5.60. The SMILES string of the molecule is CCN(CC1=C(c2ccccc2)S(=O)(=O)NC12CCCCC2)C(=O)[C@@H](COCc1ccccc1)NC(=O)C(C)(C)N.Cl. The number of likely N-dealkylation sites (N-methyl/N-ethyl adjacent to an activating group) is 1. The predicted molar refractivity (Wildman–Crippen MR) is 167 cm³/mol. The first-order valence-corrected chi connectivity index (χ1v) is 15.8. The van der Waals surface area contributed by atoms with Crippen molar-refractivity contribution < 1.29 is 22.7 Å². The Kier molecular flexibility index (Phi) is 11.4. The molecule has 2 aromatic rings. The molecule has 11 heteroatoms. The maximum absolute atomic E-state index is 14.0. The molecule has 4 rings (SSSR count). The molecule has 2 aromatic carbocycles. The molecule has 1 fully saturated rings. The third-order valence-electron chi connectivity index (χ3n) is 7.82. The van der Waals surface area contributed by atoms with Crippen LogP contribution in [-0.4, -0.2) is 61.9 Å². The van der Waals surface area contributed by atoms with Gasteiger partial charge in [-0.15, -0.1) is 12.4 Å². The molecule has 0 bridgehead atoms. The van der Waals surface area contributed by atoms with Gasteiger partial charge in [0.15, 0.2) is 0 Å². The summed E-state index contributed by atoms with van der Waals surface area (Å²) < 4.78 is 36.1. The zero-order valence-electron chi connectivity index (χ0n) is 24.6. The molecule has 42 heavy (non-hydrogen) atoms. The second-order valence-corrected chi connectivity index (χ2v) is 13.1. The van der Waals surface area contributed by atoms with Crippen LogP contribution in [0, 0.1) is 0 Å². The van der Waals surface area contributed by atoms with E-state index in [-0.39, 0.29) is 43.0 Å². The van der Waals surface area contributed by atoms with E-state index in [1.165, 1.54) is 0 Å². The minimum absolute atomic E-state index is 0. The number of nitrogens with one attached hydrogen (secondary N) is 2. The van der Waals surface area contributed by atoms with Gasteiger partial charge in [-0.1, -0.05) is 79.9 Å². The van der Waals surface area contributed by atoms with Gasteiger partial charge < -0.3 is 20.7 Å². The number of halogens is 1. The molecular formula is C31H43ClN4O5S. The van der Waals surface area contributed by atoms with Crippen molar-refractivity contribution in [1.29, 1.82) is 0 Å². The topological polar surface area (TPSA) is 131 Å². The maximum Gasteiger partial charge on any atom is 0.247 e. The van der Waals surface area contributed by atoms with Gasteiger partial charge in [-0.3, -0.25) is 9.59 Å². The molecular weight excluding hydrogens is 576 g/mol. The van der Waals surface area contributed by atoms with Crippen molar-refractivity contribution in [3.63, 3.8) is 0 Å². The molecule has 0 saturated heterocycles. The van der Waals surface area contributed by atoms with E-state index in [0.29, 0.717) is 30.5 Å². The van der Waals surface area contributed by atoms with Gasteiger partial charge in [-0.05, 0) is 50.3 Å². The summed E-state index contributed by atoms with van der Waals surface area (Å²) in [5.41, 5.74) is 6.34. The van der Waals surface area contributed by atoms with Crippen LogP contribution in [-0.2, 0) is 31.0 Å². The van der Waals surface area contributed by atoms with Crippen molar-refractivity contribution >= 4 is 39.1 Å². The summed E-state index contributed by atoms with van der Waals surface area (Å²) in [6, 6.07) is 17.6. The smallest absolute Gasteiger partial charge is 0.247 e. The van der Waals surface area contributed by atoms with Gasteiger partial charge in [0.1, 0.15) is 6.04 Å². The van der Waals surface area contributed by atoms with Crippen molar-refractivity contribution in [2.75, 3.05) is 19.7 Å². The highest BCUT2D eigenvalue weighted by molar-refractivity contribution is 7.99. The first-order valence-electron chi connectivity index (χ1n) is 14.3. The van der Waals surface area contributed by atoms with Crippen LogP contribution in [0.25, 0.3) is 4.91 Å². The van der Waals surface area contributed by atoms with Crippen LogP contribution in [0.15, 0.2) is 66.2 Å². The molecule has 4 N–H and O–H groups in total. The van der Waals surface area contributed by atoms with Crippen LogP contribution in [0.3, 0.4) is 0 Å². The number of rotatable bonds is 11. The van der Waals surface area contributed by atoms with Crippen molar-refractivity contribution in [2.45, 2.75) is 76.6 Å². The Balaban J connectivity index is 0.00000484. The van der Waals surface area contributed by atoms with E-state index >= 15 is 0 Å². The largest absolute Gasteiger partial charge is 0.374 e. The lowest BCUT2D eigenvalue weighted by molar-refractivity contribution is -0.139. The Morgan fingerprint density at radius 2 is 1.64 bits per heavy atom. The fraction of sp³-hybridized carbons (Fsp3) is 0.484. The highest BCUT2D eigenvalue weighted by Crippen LogP contribution is 2.45. The standard InChI is InChI=1S/C31H42N4O5S.ClH/c1-4-35(28(36)26(33-29(37)30(2,3)32)22-40-21-23-14-8-5-9-15-23)20-25-27(24-16-10-6-11-17-24)41(38,39)34-31(25)18-12-7-13-19-31;/h5-6,8-11,14-17,26,34H,4,7,12-13,18-22,32H2,1-3H3,(H,33,37);1H/t26-;/m1./s1. The molecule has 1 atom stereocenters. The van der Waals surface area contributed by atoms with E-state index in [1.807, 2.05) is 55.5 Å². The summed E-state index contributed by atoms with van der Waals surface area (Å²) in [6.07, 6.45) is 4.17. The average Bonchev–Trinajstić information content (AvgIpc) is 3.16. The van der Waals surface area contributed by atoms with E-state index in [2.05, 4.69) is 10.0 Å². The lowest BCUT2D eigenvalue weighted by atomic mass is 9.76. The Labute approximate surface area is 255 Å². The molecule has 0 radical (unpaired) electrons. The van der Waals surface area contributed by atoms with Gasteiger partial charge in [0, 0.05) is 13.1 Å². The monoisotopic (exact) mass is 618 g/mol. The average molecular weight is 619 g/mol. The third kappa shape index (κ3) is 7.79. The normalized spacial score (nSPS) is 18.3. The number of nitrogens with two attached hydrogens (primary N) is 1. The molecule has 230 valence electrons. The first kappa shape index (κ1) is 33.7. The number of benzene rings is 2. The molecule has 2 aliphatic rings. The lowest BCUT2D eigenvalue weighted by Crippen LogP contribution is -2.58. The van der Waals surface area contributed by atoms with Crippen molar-refractivity contribution in [3.05, 3.63) is 77.4 Å². The number of nitrogens with zero attached hydrogens (tertiary/aromatic N) is 1. The quantitative estimate of drug-likeness (QED) is 0.352. The fourth-order valence-corrected chi connectivity index (χ4v) is 7.57. The Morgan fingerprint density at radius 1 is 1.05 bits per heavy atom. The van der Waals surface area contributed by atoms with Crippen LogP contribution in [0.2, 0.25) is 0 Å². The summed E-state index contributed by atoms with van der Waals surface area (Å²) in [6.45, 7) is 5.64. The number of ether oxygens (including phenoxy) is 1. The van der Waals surface area contributed by atoms with Gasteiger partial charge in [-0.25, -0.2) is 13.1 Å². The minimum atomic E-state index is -3.80. The Bertz CT molecular complexity index is 1350. The summed E-state index contributed by atoms with van der Waals surface area (Å²) in [7, 11) is -3.80. The minimum Gasteiger partial charge on any atom is -0.374 e. The molecule has 1 aliphatic carbocycles. The highest BCUT2D eigenvalue weighted by Gasteiger charge is 2.49. The van der Waals surface area contributed by atoms with Gasteiger partial charge in [0.05, 0.1) is 29.2 Å². The van der Waals surface area contributed by atoms with Gasteiger partial charge in [0.25, 0.3) is 0 Å². The third-order valence-corrected chi connectivity index (χ3v) is 9.50. The highest BCUT2D eigenvalue weighted by atomic mass is 35.5. The van der Waals surface area contributed by atoms with Crippen LogP contribution in [0.1, 0.15) is 64.0 Å². The second-order valence-electron chi connectivity index (χ2n) is 11.5. The van der Waals surface area contributed by atoms with Gasteiger partial charge in [-0.2, -0.15) is 0 Å². The molecule has 0 unspecified atom stereocenters. The number of hydrogen-bond donors (Lipinski definition) is 3. The molecule has 1 spiro atoms. The first-order chi connectivity index (χ1) is 19.5. The molecule has 2 amide bonds. The van der Waals surface area contributed by atoms with Crippen LogP contribution >= 0.6 is 12.4 Å². The van der Waals surface area contributed by atoms with E-state index in [9.17, 15) is 18.0 Å². The van der Waals surface area contributed by atoms with Gasteiger partial charge in [0.2, 0.25) is 21.8 Å². The second kappa shape index (κ2) is 14.1. The van der Waals surface area contributed by atoms with E-state index in [1.54, 1.807) is 30.9 Å². The van der Waals surface area contributed by atoms with Crippen LogP contribution in [0.4, 0.5) is 0 Å². The summed E-state index contributed by atoms with van der Waals surface area (Å²) >= 11 is 0. The van der Waals surface area contributed by atoms with Crippen molar-refractivity contribution in [2.24, 2.45) is 5.73 Å². The molecule has 1 saturated carbocycles. The van der Waals surface area contributed by atoms with Crippen molar-refractivity contribution in [3.8, 4) is 0 Å². The van der Waals surface area contributed by atoms with E-state index in [4.69, 9.17) is 10.5 Å². The van der Waals surface area contributed by atoms with Crippen LogP contribution < -0.4 is 15.8 Å². The number of sulfonamides is 1. The molecule has 1 aliphatic heterocycles. The zero-order chi connectivity index (χ0) is 29.7. The lowest BCUT2D eigenvalue weighted by Gasteiger charge is -2.38. The van der Waals surface area contributed by atoms with E-state index < -0.39 is 33.1 Å². The molecule has 1 heterocycles. The number of hydrogen-bond acceptors (Lipinski definition) is 6. The summed E-state index contributed by atoms with van der Waals surface area (Å²) in [5.74, 6) is -0.832. The predicted octanol–water partition coefficient (Wildman–Crippen LogP) is 3.74.